The van der Waals surface area contributed by atoms with E-state index in [4.69, 9.17) is 21.1 Å². The maximum Gasteiger partial charge on any atom is 0.295 e. The summed E-state index contributed by atoms with van der Waals surface area (Å²) in [5.41, 5.74) is 3.14. The van der Waals surface area contributed by atoms with E-state index in [2.05, 4.69) is 0 Å². The highest BCUT2D eigenvalue weighted by atomic mass is 35.5. The molecular formula is C29H27ClN2O5. The second-order valence-corrected chi connectivity index (χ2v) is 9.65. The molecule has 0 bridgehead atoms. The number of halogens is 1. The third-order valence-corrected chi connectivity index (χ3v) is 6.89. The van der Waals surface area contributed by atoms with Gasteiger partial charge in [0.2, 0.25) is 0 Å². The van der Waals surface area contributed by atoms with E-state index in [9.17, 15) is 14.7 Å². The van der Waals surface area contributed by atoms with Crippen molar-refractivity contribution < 1.29 is 24.2 Å². The van der Waals surface area contributed by atoms with Crippen LogP contribution >= 0.6 is 11.6 Å². The summed E-state index contributed by atoms with van der Waals surface area (Å²) in [5, 5.41) is 12.0. The average Bonchev–Trinajstić information content (AvgIpc) is 3.17. The van der Waals surface area contributed by atoms with E-state index in [0.717, 1.165) is 16.8 Å². The molecular weight excluding hydrogens is 492 g/mol. The molecule has 3 aromatic carbocycles. The molecule has 0 aromatic heterocycles. The molecule has 1 saturated heterocycles. The molecule has 5 rings (SSSR count). The fraction of sp³-hybridized carbons (Fsp3) is 0.241. The number of anilines is 1. The van der Waals surface area contributed by atoms with Crippen LogP contribution in [-0.2, 0) is 16.0 Å². The van der Waals surface area contributed by atoms with E-state index in [1.807, 2.05) is 55.4 Å². The second-order valence-electron chi connectivity index (χ2n) is 9.21. The Balaban J connectivity index is 1.56. The van der Waals surface area contributed by atoms with Gasteiger partial charge in [0, 0.05) is 36.9 Å². The highest BCUT2D eigenvalue weighted by molar-refractivity contribution is 6.46. The van der Waals surface area contributed by atoms with Gasteiger partial charge < -0.3 is 24.4 Å². The van der Waals surface area contributed by atoms with Gasteiger partial charge in [0.15, 0.2) is 11.5 Å². The predicted molar refractivity (Wildman–Crippen MR) is 142 cm³/mol. The molecule has 8 heteroatoms. The Labute approximate surface area is 220 Å². The summed E-state index contributed by atoms with van der Waals surface area (Å²) < 4.78 is 11.2. The number of nitrogens with zero attached hydrogens (tertiary/aromatic N) is 2. The molecule has 7 nitrogen and oxygen atoms in total. The number of carbonyl (C=O) groups excluding carboxylic acids is 2. The van der Waals surface area contributed by atoms with Gasteiger partial charge in [-0.2, -0.15) is 0 Å². The third kappa shape index (κ3) is 4.87. The minimum atomic E-state index is -0.739. The Bertz CT molecular complexity index is 1370. The number of likely N-dealkylation sites (tertiary alicyclic amines) is 1. The molecule has 0 radical (unpaired) electrons. The normalized spacial score (nSPS) is 18.2. The Morgan fingerprint density at radius 3 is 2.32 bits per heavy atom. The first kappa shape index (κ1) is 24.7. The van der Waals surface area contributed by atoms with E-state index in [1.165, 1.54) is 4.90 Å². The van der Waals surface area contributed by atoms with Gasteiger partial charge in [-0.05, 0) is 60.0 Å². The molecule has 3 aromatic rings. The molecule has 37 heavy (non-hydrogen) atoms. The van der Waals surface area contributed by atoms with E-state index < -0.39 is 17.7 Å². The lowest BCUT2D eigenvalue weighted by Gasteiger charge is -2.26. The summed E-state index contributed by atoms with van der Waals surface area (Å²) in [6, 6.07) is 19.3. The van der Waals surface area contributed by atoms with Crippen LogP contribution < -0.4 is 14.4 Å². The van der Waals surface area contributed by atoms with E-state index in [-0.39, 0.29) is 11.3 Å². The van der Waals surface area contributed by atoms with E-state index >= 15 is 0 Å². The lowest BCUT2D eigenvalue weighted by atomic mass is 9.94. The summed E-state index contributed by atoms with van der Waals surface area (Å²) in [4.78, 5) is 30.1. The van der Waals surface area contributed by atoms with Crippen molar-refractivity contribution in [2.24, 2.45) is 0 Å². The molecule has 2 aliphatic rings. The lowest BCUT2D eigenvalue weighted by Crippen LogP contribution is -2.31. The Hall–Kier alpha value is -3.97. The van der Waals surface area contributed by atoms with Crippen LogP contribution in [0.2, 0.25) is 5.02 Å². The Morgan fingerprint density at radius 1 is 0.973 bits per heavy atom. The molecule has 190 valence electrons. The molecule has 0 saturated carbocycles. The van der Waals surface area contributed by atoms with E-state index in [0.29, 0.717) is 48.3 Å². The molecule has 2 aliphatic heterocycles. The van der Waals surface area contributed by atoms with Crippen LogP contribution in [0.4, 0.5) is 5.69 Å². The quantitative estimate of drug-likeness (QED) is 0.286. The van der Waals surface area contributed by atoms with Crippen LogP contribution in [0.3, 0.4) is 0 Å². The average molecular weight is 519 g/mol. The third-order valence-electron chi connectivity index (χ3n) is 6.64. The van der Waals surface area contributed by atoms with E-state index in [1.54, 1.807) is 30.3 Å². The van der Waals surface area contributed by atoms with Gasteiger partial charge in [-0.25, -0.2) is 0 Å². The molecule has 1 atom stereocenters. The maximum absolute atomic E-state index is 13.3. The molecule has 1 fully saturated rings. The topological polar surface area (TPSA) is 79.3 Å². The summed E-state index contributed by atoms with van der Waals surface area (Å²) in [7, 11) is 3.88. The van der Waals surface area contributed by atoms with Crippen LogP contribution in [0.5, 0.6) is 11.5 Å². The number of Topliss-reactive ketones (excluding diaryl/α,β-unsaturated/α-hetero) is 1. The molecule has 2 heterocycles. The zero-order valence-corrected chi connectivity index (χ0v) is 21.4. The number of ketones is 1. The van der Waals surface area contributed by atoms with Crippen LogP contribution in [0.1, 0.15) is 22.7 Å². The zero-order valence-electron chi connectivity index (χ0n) is 20.6. The lowest BCUT2D eigenvalue weighted by molar-refractivity contribution is -0.139. The van der Waals surface area contributed by atoms with Crippen molar-refractivity contribution in [2.45, 2.75) is 12.5 Å². The van der Waals surface area contributed by atoms with Crippen LogP contribution in [0.25, 0.3) is 5.76 Å². The molecule has 1 unspecified atom stereocenters. The van der Waals surface area contributed by atoms with Crippen LogP contribution in [-0.4, -0.2) is 55.6 Å². The number of hydrogen-bond acceptors (Lipinski definition) is 6. The van der Waals surface area contributed by atoms with Crippen molar-refractivity contribution in [1.82, 2.24) is 4.90 Å². The summed E-state index contributed by atoms with van der Waals surface area (Å²) in [5.74, 6) is -0.549. The second kappa shape index (κ2) is 10.2. The monoisotopic (exact) mass is 518 g/mol. The Kier molecular flexibility index (Phi) is 6.80. The summed E-state index contributed by atoms with van der Waals surface area (Å²) >= 11 is 6.01. The maximum atomic E-state index is 13.3. The number of benzene rings is 3. The van der Waals surface area contributed by atoms with Crippen molar-refractivity contribution in [3.63, 3.8) is 0 Å². The predicted octanol–water partition coefficient (Wildman–Crippen LogP) is 4.84. The number of aliphatic hydroxyl groups excluding tert-OH is 1. The number of carbonyl (C=O) groups is 2. The van der Waals surface area contributed by atoms with Gasteiger partial charge in [-0.1, -0.05) is 35.9 Å². The highest BCUT2D eigenvalue weighted by Gasteiger charge is 2.46. The first-order chi connectivity index (χ1) is 17.8. The molecule has 1 N–H and O–H groups in total. The first-order valence-electron chi connectivity index (χ1n) is 12.0. The minimum absolute atomic E-state index is 0.0513. The zero-order chi connectivity index (χ0) is 26.1. The van der Waals surface area contributed by atoms with Gasteiger partial charge >= 0.3 is 0 Å². The SMILES string of the molecule is CN(C)c1ccc(C2/C(=C(/O)c3ccc4c(c3)OCCO4)C(=O)C(=O)N2CCc2ccc(Cl)cc2)cc1. The summed E-state index contributed by atoms with van der Waals surface area (Å²) in [6.07, 6.45) is 0.528. The van der Waals surface area contributed by atoms with Crippen molar-refractivity contribution in [3.05, 3.63) is 94.0 Å². The standard InChI is InChI=1S/C29H27ClN2O5/c1-31(2)22-10-5-19(6-11-22)26-25(27(33)20-7-12-23-24(17-20)37-16-15-36-23)28(34)29(35)32(26)14-13-18-3-8-21(30)9-4-18/h3-12,17,26,33H,13-16H2,1-2H3/b27-25-. The van der Waals surface area contributed by atoms with Gasteiger partial charge in [0.25, 0.3) is 11.7 Å². The van der Waals surface area contributed by atoms with Gasteiger partial charge in [-0.3, -0.25) is 9.59 Å². The first-order valence-corrected chi connectivity index (χ1v) is 12.4. The fourth-order valence-corrected chi connectivity index (χ4v) is 4.78. The number of fused-ring (bicyclic) bond motifs is 1. The highest BCUT2D eigenvalue weighted by Crippen LogP contribution is 2.41. The van der Waals surface area contributed by atoms with Gasteiger partial charge in [-0.15, -0.1) is 0 Å². The van der Waals surface area contributed by atoms with Crippen molar-refractivity contribution >= 4 is 34.7 Å². The van der Waals surface area contributed by atoms with Crippen molar-refractivity contribution in [1.29, 1.82) is 0 Å². The number of aliphatic hydroxyl groups is 1. The van der Waals surface area contributed by atoms with Crippen molar-refractivity contribution in [2.75, 3.05) is 38.8 Å². The van der Waals surface area contributed by atoms with Gasteiger partial charge in [0.05, 0.1) is 11.6 Å². The number of rotatable bonds is 6. The summed E-state index contributed by atoms with van der Waals surface area (Å²) in [6.45, 7) is 1.13. The minimum Gasteiger partial charge on any atom is -0.507 e. The van der Waals surface area contributed by atoms with Gasteiger partial charge in [0.1, 0.15) is 19.0 Å². The molecule has 1 amide bonds. The number of amides is 1. The largest absolute Gasteiger partial charge is 0.507 e. The smallest absolute Gasteiger partial charge is 0.295 e. The number of ether oxygens (including phenoxy) is 2. The number of hydrogen-bond donors (Lipinski definition) is 1. The van der Waals surface area contributed by atoms with Crippen LogP contribution in [0.15, 0.2) is 72.3 Å². The molecule has 0 aliphatic carbocycles. The van der Waals surface area contributed by atoms with Crippen LogP contribution in [0, 0.1) is 0 Å². The molecule has 0 spiro atoms. The Morgan fingerprint density at radius 2 is 1.65 bits per heavy atom. The van der Waals surface area contributed by atoms with Crippen molar-refractivity contribution in [3.8, 4) is 11.5 Å². The fourth-order valence-electron chi connectivity index (χ4n) is 4.66.